The van der Waals surface area contributed by atoms with E-state index in [0.717, 1.165) is 64.8 Å². The van der Waals surface area contributed by atoms with Crippen LogP contribution in [0.1, 0.15) is 17.7 Å². The van der Waals surface area contributed by atoms with Crippen LogP contribution in [0.25, 0.3) is 28.3 Å². The van der Waals surface area contributed by atoms with E-state index in [1.807, 2.05) is 88.8 Å². The Balaban J connectivity index is 1.16. The fraction of sp³-hybridized carbons (Fsp3) is 0.176. The Morgan fingerprint density at radius 2 is 1.80 bits per heavy atom. The predicted octanol–water partition coefficient (Wildman–Crippen LogP) is 6.41. The van der Waals surface area contributed by atoms with E-state index < -0.39 is 0 Å². The van der Waals surface area contributed by atoms with Gasteiger partial charge in [-0.25, -0.2) is 15.0 Å². The number of hydrogen-bond acceptors (Lipinski definition) is 8. The number of aliphatic hydroxyl groups is 1. The van der Waals surface area contributed by atoms with Gasteiger partial charge in [0, 0.05) is 53.0 Å². The van der Waals surface area contributed by atoms with Gasteiger partial charge in [-0.15, -0.1) is 11.3 Å². The Morgan fingerprint density at radius 1 is 0.932 bits per heavy atom. The molecular formula is C34H31N7O2S. The van der Waals surface area contributed by atoms with Crippen molar-refractivity contribution in [3.63, 3.8) is 0 Å². The molecule has 1 amide bonds. The molecule has 0 bridgehead atoms. The zero-order valence-corrected chi connectivity index (χ0v) is 24.7. The zero-order valence-electron chi connectivity index (χ0n) is 23.9. The Kier molecular flexibility index (Phi) is 7.74. The van der Waals surface area contributed by atoms with Gasteiger partial charge in [-0.05, 0) is 78.9 Å². The van der Waals surface area contributed by atoms with E-state index in [2.05, 4.69) is 32.7 Å². The van der Waals surface area contributed by atoms with Crippen LogP contribution in [0, 0.1) is 0 Å². The van der Waals surface area contributed by atoms with E-state index in [1.165, 1.54) is 0 Å². The van der Waals surface area contributed by atoms with E-state index in [4.69, 9.17) is 9.97 Å². The van der Waals surface area contributed by atoms with Crippen molar-refractivity contribution in [2.45, 2.75) is 25.4 Å². The third kappa shape index (κ3) is 6.03. The number of nitrogens with zero attached hydrogens (tertiary/aromatic N) is 5. The van der Waals surface area contributed by atoms with Crippen LogP contribution in [-0.2, 0) is 11.2 Å². The maximum absolute atomic E-state index is 12.7. The SMILES string of the molecule is O=C(Cc1cccs1)Nc1cccc(-c2nc3ccccn3c2-c2ccnc(Nc3ccc(N4CCC(O)CC4)cc3)n2)c1. The molecule has 9 nitrogen and oxygen atoms in total. The van der Waals surface area contributed by atoms with Gasteiger partial charge in [0.05, 0.1) is 29.6 Å². The lowest BCUT2D eigenvalue weighted by molar-refractivity contribution is -0.115. The third-order valence-electron chi connectivity index (χ3n) is 7.72. The van der Waals surface area contributed by atoms with E-state index in [1.54, 1.807) is 17.5 Å². The number of carbonyl (C=O) groups is 1. The molecule has 44 heavy (non-hydrogen) atoms. The molecule has 0 radical (unpaired) electrons. The molecule has 3 N–H and O–H groups in total. The molecule has 220 valence electrons. The van der Waals surface area contributed by atoms with Crippen LogP contribution in [0.5, 0.6) is 0 Å². The molecule has 5 heterocycles. The van der Waals surface area contributed by atoms with Crippen molar-refractivity contribution < 1.29 is 9.90 Å². The quantitative estimate of drug-likeness (QED) is 0.185. The van der Waals surface area contributed by atoms with Crippen molar-refractivity contribution in [2.24, 2.45) is 0 Å². The summed E-state index contributed by atoms with van der Waals surface area (Å²) in [5.74, 6) is 0.414. The first-order chi connectivity index (χ1) is 21.6. The Hall–Kier alpha value is -5.06. The van der Waals surface area contributed by atoms with Gasteiger partial charge in [0.25, 0.3) is 0 Å². The molecule has 4 aromatic heterocycles. The Morgan fingerprint density at radius 3 is 2.61 bits per heavy atom. The van der Waals surface area contributed by atoms with E-state index in [-0.39, 0.29) is 12.0 Å². The summed E-state index contributed by atoms with van der Waals surface area (Å²) in [7, 11) is 0. The van der Waals surface area contributed by atoms with Crippen LogP contribution in [0.2, 0.25) is 0 Å². The molecule has 1 aliphatic heterocycles. The number of piperidine rings is 1. The van der Waals surface area contributed by atoms with Crippen LogP contribution in [0.4, 0.5) is 23.0 Å². The maximum atomic E-state index is 12.7. The molecular weight excluding hydrogens is 570 g/mol. The summed E-state index contributed by atoms with van der Waals surface area (Å²) < 4.78 is 2.02. The molecule has 0 atom stereocenters. The van der Waals surface area contributed by atoms with E-state index >= 15 is 0 Å². The summed E-state index contributed by atoms with van der Waals surface area (Å²) in [6, 6.07) is 27.6. The third-order valence-corrected chi connectivity index (χ3v) is 8.59. The smallest absolute Gasteiger partial charge is 0.229 e. The molecule has 10 heteroatoms. The van der Waals surface area contributed by atoms with Gasteiger partial charge >= 0.3 is 0 Å². The van der Waals surface area contributed by atoms with Crippen LogP contribution in [-0.4, -0.2) is 49.6 Å². The minimum Gasteiger partial charge on any atom is -0.393 e. The zero-order chi connectivity index (χ0) is 29.9. The number of aliphatic hydroxyl groups excluding tert-OH is 1. The lowest BCUT2D eigenvalue weighted by Gasteiger charge is -2.31. The molecule has 0 aliphatic carbocycles. The average molecular weight is 602 g/mol. The van der Waals surface area contributed by atoms with Crippen molar-refractivity contribution in [2.75, 3.05) is 28.6 Å². The number of thiophene rings is 1. The highest BCUT2D eigenvalue weighted by atomic mass is 32.1. The molecule has 0 saturated carbocycles. The van der Waals surface area contributed by atoms with Gasteiger partial charge in [-0.3, -0.25) is 9.20 Å². The van der Waals surface area contributed by atoms with Crippen molar-refractivity contribution in [1.82, 2.24) is 19.4 Å². The topological polar surface area (TPSA) is 108 Å². The predicted molar refractivity (Wildman–Crippen MR) is 175 cm³/mol. The average Bonchev–Trinajstić information content (AvgIpc) is 3.70. The first kappa shape index (κ1) is 27.8. The highest BCUT2D eigenvalue weighted by molar-refractivity contribution is 7.10. The number of imidazole rings is 1. The second-order valence-electron chi connectivity index (χ2n) is 10.8. The second-order valence-corrected chi connectivity index (χ2v) is 11.8. The molecule has 0 unspecified atom stereocenters. The number of anilines is 4. The normalized spacial score (nSPS) is 13.7. The minimum atomic E-state index is -0.198. The number of fused-ring (bicyclic) bond motifs is 1. The maximum Gasteiger partial charge on any atom is 0.229 e. The van der Waals surface area contributed by atoms with Crippen molar-refractivity contribution in [1.29, 1.82) is 0 Å². The van der Waals surface area contributed by atoms with Crippen molar-refractivity contribution >= 4 is 45.9 Å². The number of benzene rings is 2. The fourth-order valence-corrected chi connectivity index (χ4v) is 6.23. The summed E-state index contributed by atoms with van der Waals surface area (Å²) in [5, 5.41) is 18.2. The van der Waals surface area contributed by atoms with Crippen molar-refractivity contribution in [3.8, 4) is 22.6 Å². The van der Waals surface area contributed by atoms with Gasteiger partial charge in [0.15, 0.2) is 0 Å². The number of aromatic nitrogens is 4. The van der Waals surface area contributed by atoms with Crippen LogP contribution in [0.3, 0.4) is 0 Å². The van der Waals surface area contributed by atoms with Gasteiger partial charge in [0.1, 0.15) is 5.65 Å². The molecule has 1 saturated heterocycles. The lowest BCUT2D eigenvalue weighted by Crippen LogP contribution is -2.35. The number of nitrogens with one attached hydrogen (secondary N) is 2. The van der Waals surface area contributed by atoms with Gasteiger partial charge < -0.3 is 20.6 Å². The van der Waals surface area contributed by atoms with Crippen molar-refractivity contribution in [3.05, 3.63) is 108 Å². The van der Waals surface area contributed by atoms with E-state index in [9.17, 15) is 9.90 Å². The molecule has 2 aromatic carbocycles. The summed E-state index contributed by atoms with van der Waals surface area (Å²) in [6.45, 7) is 1.70. The first-order valence-corrected chi connectivity index (χ1v) is 15.5. The van der Waals surface area contributed by atoms with Crippen LogP contribution >= 0.6 is 11.3 Å². The summed E-state index contributed by atoms with van der Waals surface area (Å²) in [5.41, 5.74) is 6.69. The number of amides is 1. The number of hydrogen-bond donors (Lipinski definition) is 3. The fourth-order valence-electron chi connectivity index (χ4n) is 5.52. The molecule has 0 spiro atoms. The van der Waals surface area contributed by atoms with Gasteiger partial charge in [-0.2, -0.15) is 0 Å². The molecule has 6 aromatic rings. The van der Waals surface area contributed by atoms with Crippen LogP contribution in [0.15, 0.2) is 103 Å². The molecule has 7 rings (SSSR count). The number of rotatable bonds is 8. The highest BCUT2D eigenvalue weighted by Gasteiger charge is 2.19. The standard InChI is InChI=1S/C34H31N7O2S/c42-27-14-18-40(19-15-27)26-11-9-24(10-12-26)37-34-35-16-13-29(38-34)33-32(39-30-8-1-2-17-41(30)33)23-5-3-6-25(21-23)36-31(43)22-28-7-4-20-44-28/h1-13,16-17,20-21,27,42H,14-15,18-19,22H2,(H,36,43)(H,35,37,38). The van der Waals surface area contributed by atoms with Gasteiger partial charge in [0.2, 0.25) is 11.9 Å². The monoisotopic (exact) mass is 601 g/mol. The number of pyridine rings is 1. The summed E-state index contributed by atoms with van der Waals surface area (Å²) in [4.78, 5) is 30.4. The summed E-state index contributed by atoms with van der Waals surface area (Å²) >= 11 is 1.57. The van der Waals surface area contributed by atoms with Gasteiger partial charge in [-0.1, -0.05) is 24.3 Å². The lowest BCUT2D eigenvalue weighted by atomic mass is 10.1. The number of carbonyl (C=O) groups excluding carboxylic acids is 1. The minimum absolute atomic E-state index is 0.0610. The van der Waals surface area contributed by atoms with Crippen LogP contribution < -0.4 is 15.5 Å². The largest absolute Gasteiger partial charge is 0.393 e. The molecule has 1 aliphatic rings. The second kappa shape index (κ2) is 12.3. The van der Waals surface area contributed by atoms with E-state index in [0.29, 0.717) is 23.8 Å². The molecule has 1 fully saturated rings. The highest BCUT2D eigenvalue weighted by Crippen LogP contribution is 2.33. The Labute approximate surface area is 258 Å². The summed E-state index contributed by atoms with van der Waals surface area (Å²) in [6.07, 6.45) is 5.44. The Bertz CT molecular complexity index is 1900. The first-order valence-electron chi connectivity index (χ1n) is 14.6.